The van der Waals surface area contributed by atoms with Gasteiger partial charge in [0.25, 0.3) is 5.56 Å². The zero-order valence-corrected chi connectivity index (χ0v) is 15.6. The number of unbranched alkanes of at least 4 members (excludes halogenated alkanes) is 1. The largest absolute Gasteiger partial charge is 0.494 e. The minimum Gasteiger partial charge on any atom is -0.494 e. The lowest BCUT2D eigenvalue weighted by atomic mass is 10.2. The van der Waals surface area contributed by atoms with E-state index in [0.29, 0.717) is 15.3 Å². The Kier molecular flexibility index (Phi) is 4.93. The Balaban J connectivity index is 1.61. The molecule has 0 saturated carbocycles. The molecular weight excluding hydrogens is 360 g/mol. The molecule has 0 radical (unpaired) electrons. The van der Waals surface area contributed by atoms with Crippen LogP contribution in [0.4, 0.5) is 0 Å². The van der Waals surface area contributed by atoms with E-state index >= 15 is 0 Å². The van der Waals surface area contributed by atoms with Crippen LogP contribution in [0.15, 0.2) is 53.6 Å². The van der Waals surface area contributed by atoms with E-state index in [1.807, 2.05) is 42.5 Å². The van der Waals surface area contributed by atoms with Crippen molar-refractivity contribution in [3.05, 3.63) is 69.2 Å². The van der Waals surface area contributed by atoms with Crippen LogP contribution in [-0.4, -0.2) is 26.2 Å². The second kappa shape index (κ2) is 7.67. The summed E-state index contributed by atoms with van der Waals surface area (Å²) in [6.45, 7) is 2.85. The van der Waals surface area contributed by atoms with Gasteiger partial charge >= 0.3 is 0 Å². The molecule has 0 aliphatic carbocycles. The summed E-state index contributed by atoms with van der Waals surface area (Å²) in [6.07, 6.45) is 7.35. The number of nitrogens with zero attached hydrogens (tertiary/aromatic N) is 4. The molecule has 4 aromatic rings. The van der Waals surface area contributed by atoms with Crippen molar-refractivity contribution in [2.24, 2.45) is 0 Å². The van der Waals surface area contributed by atoms with Crippen molar-refractivity contribution in [1.82, 2.24) is 19.6 Å². The van der Waals surface area contributed by atoms with Gasteiger partial charge in [0.1, 0.15) is 5.75 Å². The third kappa shape index (κ3) is 3.73. The van der Waals surface area contributed by atoms with Gasteiger partial charge < -0.3 is 4.74 Å². The fraction of sp³-hybridized carbons (Fsp3) is 0.200. The number of thiazole rings is 1. The van der Waals surface area contributed by atoms with Crippen LogP contribution in [0.25, 0.3) is 22.4 Å². The van der Waals surface area contributed by atoms with Crippen molar-refractivity contribution in [3.63, 3.8) is 0 Å². The molecule has 3 aromatic heterocycles. The summed E-state index contributed by atoms with van der Waals surface area (Å²) in [5.74, 6) is 1.37. The highest BCUT2D eigenvalue weighted by Crippen LogP contribution is 2.16. The summed E-state index contributed by atoms with van der Waals surface area (Å²) in [5.41, 5.74) is 1.62. The Labute approximate surface area is 159 Å². The summed E-state index contributed by atoms with van der Waals surface area (Å²) in [5, 5.41) is 4.34. The Morgan fingerprint density at radius 1 is 1.15 bits per heavy atom. The number of rotatable bonds is 6. The maximum Gasteiger partial charge on any atom is 0.291 e. The minimum absolute atomic E-state index is 0.161. The van der Waals surface area contributed by atoms with Gasteiger partial charge in [-0.3, -0.25) is 9.78 Å². The van der Waals surface area contributed by atoms with Gasteiger partial charge in [0.05, 0.1) is 11.1 Å². The van der Waals surface area contributed by atoms with Crippen molar-refractivity contribution in [3.8, 4) is 17.1 Å². The zero-order valence-electron chi connectivity index (χ0n) is 14.8. The molecular formula is C20H18N4O2S. The molecule has 6 nitrogen and oxygen atoms in total. The number of benzene rings is 1. The molecule has 0 unspecified atom stereocenters. The molecule has 7 heteroatoms. The smallest absolute Gasteiger partial charge is 0.291 e. The van der Waals surface area contributed by atoms with Crippen LogP contribution in [0.5, 0.6) is 5.75 Å². The highest BCUT2D eigenvalue weighted by atomic mass is 32.1. The number of aromatic nitrogens is 4. The molecule has 27 heavy (non-hydrogen) atoms. The third-order valence-corrected chi connectivity index (χ3v) is 5.02. The van der Waals surface area contributed by atoms with E-state index in [1.54, 1.807) is 12.4 Å². The van der Waals surface area contributed by atoms with Gasteiger partial charge in [-0.25, -0.2) is 0 Å². The monoisotopic (exact) mass is 378 g/mol. The predicted octanol–water partition coefficient (Wildman–Crippen LogP) is 2.94. The Bertz CT molecular complexity index is 1150. The lowest BCUT2D eigenvalue weighted by molar-refractivity contribution is 0.309. The molecule has 0 spiro atoms. The van der Waals surface area contributed by atoms with E-state index in [-0.39, 0.29) is 5.56 Å². The molecule has 0 fully saturated rings. The Morgan fingerprint density at radius 2 is 1.93 bits per heavy atom. The summed E-state index contributed by atoms with van der Waals surface area (Å²) in [7, 11) is 0. The molecule has 0 atom stereocenters. The molecule has 1 aromatic carbocycles. The van der Waals surface area contributed by atoms with E-state index in [2.05, 4.69) is 22.0 Å². The van der Waals surface area contributed by atoms with E-state index in [0.717, 1.165) is 36.3 Å². The van der Waals surface area contributed by atoms with Crippen LogP contribution >= 0.6 is 11.3 Å². The minimum atomic E-state index is -0.161. The predicted molar refractivity (Wildman–Crippen MR) is 106 cm³/mol. The van der Waals surface area contributed by atoms with Gasteiger partial charge in [0.15, 0.2) is 5.82 Å². The Hall–Kier alpha value is -3.06. The fourth-order valence-electron chi connectivity index (χ4n) is 2.60. The van der Waals surface area contributed by atoms with Crippen LogP contribution in [-0.2, 0) is 0 Å². The van der Waals surface area contributed by atoms with Gasteiger partial charge in [-0.1, -0.05) is 36.8 Å². The molecule has 0 amide bonds. The van der Waals surface area contributed by atoms with E-state index in [9.17, 15) is 4.79 Å². The first-order valence-corrected chi connectivity index (χ1v) is 9.61. The third-order valence-electron chi connectivity index (χ3n) is 4.06. The topological polar surface area (TPSA) is 69.4 Å². The van der Waals surface area contributed by atoms with Crippen LogP contribution in [0.1, 0.15) is 25.3 Å². The first-order valence-electron chi connectivity index (χ1n) is 8.79. The average Bonchev–Trinajstić information content (AvgIpc) is 3.24. The maximum absolute atomic E-state index is 12.6. The molecule has 0 bridgehead atoms. The average molecular weight is 378 g/mol. The standard InChI is InChI=1S/C20H18N4O2S/c1-2-3-12-26-16-6-4-14(5-7-16)13-17-19(25)24-20(27-17)22-18(23-24)15-8-10-21-11-9-15/h4-11,13H,2-3,12H2,1H3. The molecule has 136 valence electrons. The van der Waals surface area contributed by atoms with E-state index in [1.165, 1.54) is 15.9 Å². The molecule has 3 heterocycles. The molecule has 4 rings (SSSR count). The number of hydrogen-bond donors (Lipinski definition) is 0. The van der Waals surface area contributed by atoms with Gasteiger partial charge in [-0.2, -0.15) is 9.50 Å². The number of hydrogen-bond acceptors (Lipinski definition) is 6. The van der Waals surface area contributed by atoms with Crippen LogP contribution in [0.3, 0.4) is 0 Å². The SMILES string of the molecule is CCCCOc1ccc(C=c2sc3nc(-c4ccncc4)nn3c2=O)cc1. The van der Waals surface area contributed by atoms with Crippen molar-refractivity contribution < 1.29 is 4.74 Å². The molecule has 0 aliphatic rings. The van der Waals surface area contributed by atoms with Crippen molar-refractivity contribution in [2.75, 3.05) is 6.61 Å². The highest BCUT2D eigenvalue weighted by molar-refractivity contribution is 7.15. The van der Waals surface area contributed by atoms with Crippen molar-refractivity contribution in [1.29, 1.82) is 0 Å². The first-order chi connectivity index (χ1) is 13.2. The quantitative estimate of drug-likeness (QED) is 0.483. The second-order valence-electron chi connectivity index (χ2n) is 6.05. The molecule has 0 saturated heterocycles. The molecule has 0 N–H and O–H groups in total. The second-order valence-corrected chi connectivity index (χ2v) is 7.06. The van der Waals surface area contributed by atoms with E-state index < -0.39 is 0 Å². The molecule has 0 aliphatic heterocycles. The fourth-order valence-corrected chi connectivity index (χ4v) is 3.51. The summed E-state index contributed by atoms with van der Waals surface area (Å²) >= 11 is 1.33. The lowest BCUT2D eigenvalue weighted by Crippen LogP contribution is -2.23. The van der Waals surface area contributed by atoms with E-state index in [4.69, 9.17) is 4.74 Å². The van der Waals surface area contributed by atoms with Gasteiger partial charge in [0, 0.05) is 18.0 Å². The highest BCUT2D eigenvalue weighted by Gasteiger charge is 2.11. The van der Waals surface area contributed by atoms with Gasteiger partial charge in [-0.15, -0.1) is 5.10 Å². The maximum atomic E-state index is 12.6. The van der Waals surface area contributed by atoms with Gasteiger partial charge in [0.2, 0.25) is 4.96 Å². The van der Waals surface area contributed by atoms with Gasteiger partial charge in [-0.05, 0) is 42.3 Å². The summed E-state index contributed by atoms with van der Waals surface area (Å²) in [4.78, 5) is 21.6. The summed E-state index contributed by atoms with van der Waals surface area (Å²) < 4.78 is 7.62. The number of ether oxygens (including phenoxy) is 1. The van der Waals surface area contributed by atoms with Crippen LogP contribution in [0.2, 0.25) is 0 Å². The van der Waals surface area contributed by atoms with Crippen LogP contribution < -0.4 is 14.8 Å². The first kappa shape index (κ1) is 17.4. The van der Waals surface area contributed by atoms with Crippen molar-refractivity contribution in [2.45, 2.75) is 19.8 Å². The Morgan fingerprint density at radius 3 is 2.63 bits per heavy atom. The van der Waals surface area contributed by atoms with Crippen molar-refractivity contribution >= 4 is 22.4 Å². The summed E-state index contributed by atoms with van der Waals surface area (Å²) in [6, 6.07) is 11.4. The van der Waals surface area contributed by atoms with Crippen LogP contribution in [0, 0.1) is 0 Å². The lowest BCUT2D eigenvalue weighted by Gasteiger charge is -2.04. The number of fused-ring (bicyclic) bond motifs is 1. The normalized spacial score (nSPS) is 12.0. The zero-order chi connectivity index (χ0) is 18.6. The number of pyridine rings is 1.